The number of hydrogen-bond acceptors (Lipinski definition) is 6. The highest BCUT2D eigenvalue weighted by molar-refractivity contribution is 6.44. The standard InChI is InChI=1S/C20H16N6O3/c21-10-15-17-16(24-12-23-15)14(11-22-17)18(27)20(29)26-8-6-25(7-9-26)19(28)13-4-2-1-3-5-13/h1-5,11-12,22H,6-9H2. The van der Waals surface area contributed by atoms with Crippen LogP contribution in [0.25, 0.3) is 11.0 Å². The molecule has 3 heterocycles. The molecule has 0 atom stereocenters. The number of carbonyl (C=O) groups is 3. The van der Waals surface area contributed by atoms with Crippen LogP contribution in [0.5, 0.6) is 0 Å². The molecular formula is C20H16N6O3. The number of fused-ring (bicyclic) bond motifs is 1. The number of piperazine rings is 1. The topological polar surface area (TPSA) is 123 Å². The number of hydrogen-bond donors (Lipinski definition) is 1. The van der Waals surface area contributed by atoms with E-state index in [4.69, 9.17) is 5.26 Å². The summed E-state index contributed by atoms with van der Waals surface area (Å²) in [6.45, 7) is 1.23. The molecule has 0 bridgehead atoms. The summed E-state index contributed by atoms with van der Waals surface area (Å²) in [5.74, 6) is -1.46. The van der Waals surface area contributed by atoms with Gasteiger partial charge in [0.2, 0.25) is 0 Å². The number of ketones is 1. The molecule has 0 unspecified atom stereocenters. The smallest absolute Gasteiger partial charge is 0.295 e. The van der Waals surface area contributed by atoms with Gasteiger partial charge in [0.25, 0.3) is 17.6 Å². The zero-order valence-electron chi connectivity index (χ0n) is 15.3. The molecule has 29 heavy (non-hydrogen) atoms. The molecular weight excluding hydrogens is 372 g/mol. The molecule has 1 N–H and O–H groups in total. The van der Waals surface area contributed by atoms with Gasteiger partial charge in [0.15, 0.2) is 5.69 Å². The van der Waals surface area contributed by atoms with Crippen LogP contribution in [-0.4, -0.2) is 68.5 Å². The zero-order chi connectivity index (χ0) is 20.4. The minimum Gasteiger partial charge on any atom is -0.357 e. The van der Waals surface area contributed by atoms with Crippen molar-refractivity contribution in [1.82, 2.24) is 24.8 Å². The van der Waals surface area contributed by atoms with Crippen molar-refractivity contribution in [3.63, 3.8) is 0 Å². The number of carbonyl (C=O) groups excluding carboxylic acids is 3. The zero-order valence-corrected chi connectivity index (χ0v) is 15.3. The summed E-state index contributed by atoms with van der Waals surface area (Å²) in [4.78, 5) is 51.7. The maximum absolute atomic E-state index is 12.7. The average molecular weight is 388 g/mol. The number of Topliss-reactive ketones (excluding diaryl/α,β-unsaturated/α-hetero) is 1. The van der Waals surface area contributed by atoms with Crippen molar-refractivity contribution < 1.29 is 14.4 Å². The van der Waals surface area contributed by atoms with E-state index in [0.717, 1.165) is 0 Å². The van der Waals surface area contributed by atoms with Crippen molar-refractivity contribution in [1.29, 1.82) is 5.26 Å². The number of amides is 2. The fourth-order valence-corrected chi connectivity index (χ4v) is 3.33. The molecule has 0 spiro atoms. The third-order valence-corrected chi connectivity index (χ3v) is 4.88. The number of nitriles is 1. The molecule has 1 saturated heterocycles. The quantitative estimate of drug-likeness (QED) is 0.527. The van der Waals surface area contributed by atoms with Gasteiger partial charge in [-0.2, -0.15) is 5.26 Å². The predicted octanol–water partition coefficient (Wildman–Crippen LogP) is 0.997. The molecule has 4 rings (SSSR count). The molecule has 2 amide bonds. The van der Waals surface area contributed by atoms with E-state index in [-0.39, 0.29) is 35.8 Å². The maximum atomic E-state index is 12.7. The first-order valence-corrected chi connectivity index (χ1v) is 9.00. The van der Waals surface area contributed by atoms with Crippen molar-refractivity contribution in [2.45, 2.75) is 0 Å². The van der Waals surface area contributed by atoms with Gasteiger partial charge in [0.05, 0.1) is 5.56 Å². The molecule has 1 aliphatic rings. The first kappa shape index (κ1) is 18.3. The third-order valence-electron chi connectivity index (χ3n) is 4.88. The van der Waals surface area contributed by atoms with Gasteiger partial charge in [-0.1, -0.05) is 18.2 Å². The highest BCUT2D eigenvalue weighted by atomic mass is 16.2. The van der Waals surface area contributed by atoms with Gasteiger partial charge in [0, 0.05) is 37.9 Å². The van der Waals surface area contributed by atoms with Crippen molar-refractivity contribution in [2.75, 3.05) is 26.2 Å². The molecule has 0 radical (unpaired) electrons. The number of rotatable bonds is 3. The predicted molar refractivity (Wildman–Crippen MR) is 102 cm³/mol. The van der Waals surface area contributed by atoms with Gasteiger partial charge in [-0.05, 0) is 12.1 Å². The molecule has 1 fully saturated rings. The average Bonchev–Trinajstić information content (AvgIpc) is 3.22. The van der Waals surface area contributed by atoms with E-state index in [0.29, 0.717) is 24.2 Å². The molecule has 2 aromatic heterocycles. The summed E-state index contributed by atoms with van der Waals surface area (Å²) < 4.78 is 0. The number of aromatic nitrogens is 3. The second-order valence-corrected chi connectivity index (χ2v) is 6.54. The van der Waals surface area contributed by atoms with Crippen LogP contribution < -0.4 is 0 Å². The largest absolute Gasteiger partial charge is 0.357 e. The first-order chi connectivity index (χ1) is 14.1. The number of nitrogens with zero attached hydrogens (tertiary/aromatic N) is 5. The van der Waals surface area contributed by atoms with Crippen molar-refractivity contribution in [3.05, 3.63) is 59.7 Å². The van der Waals surface area contributed by atoms with Gasteiger partial charge in [-0.25, -0.2) is 9.97 Å². The van der Waals surface area contributed by atoms with Crippen molar-refractivity contribution >= 4 is 28.6 Å². The highest BCUT2D eigenvalue weighted by Crippen LogP contribution is 2.19. The molecule has 0 saturated carbocycles. The first-order valence-electron chi connectivity index (χ1n) is 9.00. The normalized spacial score (nSPS) is 13.9. The summed E-state index contributed by atoms with van der Waals surface area (Å²) in [5.41, 5.74) is 1.37. The van der Waals surface area contributed by atoms with Crippen molar-refractivity contribution in [2.24, 2.45) is 0 Å². The molecule has 0 aliphatic carbocycles. The Balaban J connectivity index is 1.46. The fourth-order valence-electron chi connectivity index (χ4n) is 3.33. The molecule has 144 valence electrons. The van der Waals surface area contributed by atoms with Crippen LogP contribution in [-0.2, 0) is 4.79 Å². The van der Waals surface area contributed by atoms with Gasteiger partial charge in [-0.15, -0.1) is 0 Å². The number of aromatic amines is 1. The van der Waals surface area contributed by atoms with Crippen LogP contribution in [0, 0.1) is 11.3 Å². The van der Waals surface area contributed by atoms with E-state index >= 15 is 0 Å². The molecule has 9 heteroatoms. The van der Waals surface area contributed by atoms with E-state index < -0.39 is 11.7 Å². The second-order valence-electron chi connectivity index (χ2n) is 6.54. The number of H-pyrrole nitrogens is 1. The van der Waals surface area contributed by atoms with E-state index in [1.54, 1.807) is 29.2 Å². The van der Waals surface area contributed by atoms with Crippen LogP contribution in [0.4, 0.5) is 0 Å². The molecule has 1 aromatic carbocycles. The van der Waals surface area contributed by atoms with Crippen LogP contribution in [0.3, 0.4) is 0 Å². The Hall–Kier alpha value is -4.06. The van der Waals surface area contributed by atoms with Crippen LogP contribution in [0.1, 0.15) is 26.4 Å². The van der Waals surface area contributed by atoms with Crippen LogP contribution >= 0.6 is 0 Å². The Morgan fingerprint density at radius 3 is 2.38 bits per heavy atom. The van der Waals surface area contributed by atoms with Gasteiger partial charge >= 0.3 is 0 Å². The van der Waals surface area contributed by atoms with Crippen molar-refractivity contribution in [3.8, 4) is 6.07 Å². The Labute approximate surface area is 165 Å². The van der Waals surface area contributed by atoms with E-state index in [1.165, 1.54) is 17.4 Å². The Bertz CT molecular complexity index is 1140. The summed E-state index contributed by atoms with van der Waals surface area (Å²) in [6.07, 6.45) is 2.56. The lowest BCUT2D eigenvalue weighted by molar-refractivity contribution is -0.127. The minimum absolute atomic E-state index is 0.0959. The lowest BCUT2D eigenvalue weighted by Gasteiger charge is -2.34. The van der Waals surface area contributed by atoms with E-state index in [2.05, 4.69) is 15.0 Å². The SMILES string of the molecule is N#Cc1ncnc2c(C(=O)C(=O)N3CCN(C(=O)c4ccccc4)CC3)c[nH]c12. The van der Waals surface area contributed by atoms with Gasteiger partial charge < -0.3 is 14.8 Å². The van der Waals surface area contributed by atoms with E-state index in [1.807, 2.05) is 12.1 Å². The Morgan fingerprint density at radius 1 is 1.00 bits per heavy atom. The third kappa shape index (κ3) is 3.32. The van der Waals surface area contributed by atoms with E-state index in [9.17, 15) is 14.4 Å². The number of nitrogens with one attached hydrogen (secondary N) is 1. The molecule has 3 aromatic rings. The van der Waals surface area contributed by atoms with Crippen LogP contribution in [0.15, 0.2) is 42.9 Å². The highest BCUT2D eigenvalue weighted by Gasteiger charge is 2.30. The monoisotopic (exact) mass is 388 g/mol. The summed E-state index contributed by atoms with van der Waals surface area (Å²) in [5, 5.41) is 9.10. The van der Waals surface area contributed by atoms with Gasteiger partial charge in [0.1, 0.15) is 23.4 Å². The Morgan fingerprint density at radius 2 is 1.69 bits per heavy atom. The maximum Gasteiger partial charge on any atom is 0.295 e. The van der Waals surface area contributed by atoms with Gasteiger partial charge in [-0.3, -0.25) is 14.4 Å². The Kier molecular flexibility index (Phi) is 4.75. The van der Waals surface area contributed by atoms with Crippen LogP contribution in [0.2, 0.25) is 0 Å². The summed E-state index contributed by atoms with van der Waals surface area (Å²) in [7, 11) is 0. The minimum atomic E-state index is -0.707. The number of benzene rings is 1. The lowest BCUT2D eigenvalue weighted by Crippen LogP contribution is -2.52. The molecule has 1 aliphatic heterocycles. The lowest BCUT2D eigenvalue weighted by atomic mass is 10.1. The summed E-state index contributed by atoms with van der Waals surface area (Å²) >= 11 is 0. The molecule has 9 nitrogen and oxygen atoms in total. The second kappa shape index (κ2) is 7.52. The fraction of sp³-hybridized carbons (Fsp3) is 0.200. The summed E-state index contributed by atoms with van der Waals surface area (Å²) in [6, 6.07) is 10.9.